The van der Waals surface area contributed by atoms with Gasteiger partial charge >= 0.3 is 5.97 Å². The van der Waals surface area contributed by atoms with Crippen molar-refractivity contribution in [3.63, 3.8) is 0 Å². The predicted molar refractivity (Wildman–Crippen MR) is 72.8 cm³/mol. The number of amides is 1. The summed E-state index contributed by atoms with van der Waals surface area (Å²) >= 11 is 0. The first-order valence-electron chi connectivity index (χ1n) is 7.29. The third kappa shape index (κ3) is 3.05. The molecule has 0 radical (unpaired) electrons. The van der Waals surface area contributed by atoms with Crippen LogP contribution in [0.5, 0.6) is 0 Å². The van der Waals surface area contributed by atoms with Gasteiger partial charge in [-0.05, 0) is 19.3 Å². The van der Waals surface area contributed by atoms with Gasteiger partial charge in [-0.25, -0.2) is 4.68 Å². The van der Waals surface area contributed by atoms with Gasteiger partial charge in [-0.15, -0.1) is 5.10 Å². The summed E-state index contributed by atoms with van der Waals surface area (Å²) in [5.74, 6) is -1.41. The lowest BCUT2D eigenvalue weighted by Gasteiger charge is -2.27. The molecule has 1 aliphatic carbocycles. The highest BCUT2D eigenvalue weighted by Gasteiger charge is 2.29. The molecule has 2 aliphatic rings. The molecular weight excluding hydrogens is 274 g/mol. The van der Waals surface area contributed by atoms with Crippen LogP contribution in [0.2, 0.25) is 0 Å². The maximum atomic E-state index is 12.1. The van der Waals surface area contributed by atoms with Gasteiger partial charge in [0.1, 0.15) is 0 Å². The van der Waals surface area contributed by atoms with E-state index in [2.05, 4.69) is 20.9 Å². The van der Waals surface area contributed by atoms with Gasteiger partial charge < -0.3 is 15.7 Å². The summed E-state index contributed by atoms with van der Waals surface area (Å²) in [4.78, 5) is 23.2. The second kappa shape index (κ2) is 5.80. The van der Waals surface area contributed by atoms with E-state index in [1.807, 2.05) is 0 Å². The first kappa shape index (κ1) is 14.0. The Morgan fingerprint density at radius 1 is 1.38 bits per heavy atom. The number of nitrogens with zero attached hydrogens (tertiary/aromatic N) is 3. The van der Waals surface area contributed by atoms with Crippen LogP contribution in [0.25, 0.3) is 0 Å². The molecule has 1 amide bonds. The topological polar surface area (TPSA) is 109 Å². The molecule has 2 atom stereocenters. The highest BCUT2D eigenvalue weighted by atomic mass is 16.4. The van der Waals surface area contributed by atoms with E-state index in [1.165, 1.54) is 0 Å². The van der Waals surface area contributed by atoms with Crippen molar-refractivity contribution >= 4 is 11.9 Å². The summed E-state index contributed by atoms with van der Waals surface area (Å²) in [5, 5.41) is 22.9. The van der Waals surface area contributed by atoms with E-state index in [0.717, 1.165) is 25.9 Å². The number of carboxylic acid groups (broad SMARTS) is 1. The van der Waals surface area contributed by atoms with Gasteiger partial charge in [0, 0.05) is 19.1 Å². The molecule has 1 aliphatic heterocycles. The molecule has 0 bridgehead atoms. The van der Waals surface area contributed by atoms with Crippen LogP contribution in [-0.2, 0) is 4.79 Å². The molecule has 1 saturated carbocycles. The lowest BCUT2D eigenvalue weighted by molar-refractivity contribution is -0.143. The van der Waals surface area contributed by atoms with Crippen LogP contribution in [-0.4, -0.2) is 51.1 Å². The Balaban J connectivity index is 1.57. The summed E-state index contributed by atoms with van der Waals surface area (Å²) in [7, 11) is 0. The van der Waals surface area contributed by atoms with Crippen molar-refractivity contribution in [2.24, 2.45) is 5.92 Å². The number of aliphatic carboxylic acids is 1. The fourth-order valence-corrected chi connectivity index (χ4v) is 2.82. The van der Waals surface area contributed by atoms with Gasteiger partial charge in [0.05, 0.1) is 18.2 Å². The molecule has 3 N–H and O–H groups in total. The van der Waals surface area contributed by atoms with Crippen molar-refractivity contribution in [3.05, 3.63) is 11.9 Å². The minimum Gasteiger partial charge on any atom is -0.481 e. The monoisotopic (exact) mass is 293 g/mol. The highest BCUT2D eigenvalue weighted by molar-refractivity contribution is 5.92. The molecule has 1 saturated heterocycles. The Labute approximate surface area is 121 Å². The minimum atomic E-state index is -0.780. The number of aromatic nitrogens is 3. The zero-order valence-corrected chi connectivity index (χ0v) is 11.7. The van der Waals surface area contributed by atoms with Gasteiger partial charge in [-0.2, -0.15) is 0 Å². The molecule has 3 rings (SSSR count). The maximum Gasteiger partial charge on any atom is 0.306 e. The van der Waals surface area contributed by atoms with E-state index >= 15 is 0 Å². The van der Waals surface area contributed by atoms with Crippen LogP contribution in [0.15, 0.2) is 6.20 Å². The molecule has 114 valence electrons. The SMILES string of the molecule is O=C(NC1CCCC(C(=O)O)C1)c1cn(C2CNC2)nn1. The van der Waals surface area contributed by atoms with Crippen molar-refractivity contribution in [2.45, 2.75) is 37.8 Å². The summed E-state index contributed by atoms with van der Waals surface area (Å²) in [5.41, 5.74) is 0.291. The molecule has 1 aromatic heterocycles. The average molecular weight is 293 g/mol. The second-order valence-electron chi connectivity index (χ2n) is 5.77. The molecule has 2 fully saturated rings. The third-order valence-electron chi connectivity index (χ3n) is 4.24. The zero-order chi connectivity index (χ0) is 14.8. The van der Waals surface area contributed by atoms with Gasteiger partial charge in [-0.3, -0.25) is 9.59 Å². The Morgan fingerprint density at radius 3 is 2.86 bits per heavy atom. The van der Waals surface area contributed by atoms with Crippen LogP contribution in [0.1, 0.15) is 42.2 Å². The quantitative estimate of drug-likeness (QED) is 0.709. The molecule has 2 unspecified atom stereocenters. The molecule has 21 heavy (non-hydrogen) atoms. The predicted octanol–water partition coefficient (Wildman–Crippen LogP) is -0.204. The van der Waals surface area contributed by atoms with Crippen molar-refractivity contribution in [1.82, 2.24) is 25.6 Å². The van der Waals surface area contributed by atoms with Crippen molar-refractivity contribution in [1.29, 1.82) is 0 Å². The van der Waals surface area contributed by atoms with E-state index in [1.54, 1.807) is 10.9 Å². The largest absolute Gasteiger partial charge is 0.481 e. The number of carbonyl (C=O) groups excluding carboxylic acids is 1. The molecule has 0 aromatic carbocycles. The van der Waals surface area contributed by atoms with E-state index in [0.29, 0.717) is 18.5 Å². The van der Waals surface area contributed by atoms with Crippen molar-refractivity contribution < 1.29 is 14.7 Å². The zero-order valence-electron chi connectivity index (χ0n) is 11.7. The normalized spacial score (nSPS) is 26.1. The van der Waals surface area contributed by atoms with Crippen molar-refractivity contribution in [2.75, 3.05) is 13.1 Å². The van der Waals surface area contributed by atoms with E-state index < -0.39 is 5.97 Å². The average Bonchev–Trinajstić information content (AvgIpc) is 2.86. The Morgan fingerprint density at radius 2 is 2.19 bits per heavy atom. The fourth-order valence-electron chi connectivity index (χ4n) is 2.82. The number of hydrogen-bond donors (Lipinski definition) is 3. The van der Waals surface area contributed by atoms with Crippen LogP contribution in [0.4, 0.5) is 0 Å². The van der Waals surface area contributed by atoms with Crippen LogP contribution in [0.3, 0.4) is 0 Å². The second-order valence-corrected chi connectivity index (χ2v) is 5.77. The van der Waals surface area contributed by atoms with Crippen LogP contribution >= 0.6 is 0 Å². The fraction of sp³-hybridized carbons (Fsp3) is 0.692. The first-order chi connectivity index (χ1) is 10.1. The van der Waals surface area contributed by atoms with E-state index in [-0.39, 0.29) is 23.9 Å². The number of rotatable bonds is 4. The maximum absolute atomic E-state index is 12.1. The van der Waals surface area contributed by atoms with Gasteiger partial charge in [0.15, 0.2) is 5.69 Å². The molecule has 1 aromatic rings. The number of carboxylic acids is 1. The van der Waals surface area contributed by atoms with Gasteiger partial charge in [0.2, 0.25) is 0 Å². The first-order valence-corrected chi connectivity index (χ1v) is 7.29. The van der Waals surface area contributed by atoms with E-state index in [4.69, 9.17) is 5.11 Å². The van der Waals surface area contributed by atoms with Crippen LogP contribution in [0, 0.1) is 5.92 Å². The molecule has 8 nitrogen and oxygen atoms in total. The minimum absolute atomic E-state index is 0.0946. The lowest BCUT2D eigenvalue weighted by Crippen LogP contribution is -2.43. The summed E-state index contributed by atoms with van der Waals surface area (Å²) in [6.45, 7) is 1.68. The number of carbonyl (C=O) groups is 2. The molecule has 8 heteroatoms. The Kier molecular flexibility index (Phi) is 3.87. The number of hydrogen-bond acceptors (Lipinski definition) is 5. The van der Waals surface area contributed by atoms with Crippen LogP contribution < -0.4 is 10.6 Å². The van der Waals surface area contributed by atoms with E-state index in [9.17, 15) is 9.59 Å². The third-order valence-corrected chi connectivity index (χ3v) is 4.24. The van der Waals surface area contributed by atoms with Crippen molar-refractivity contribution in [3.8, 4) is 0 Å². The Hall–Kier alpha value is -1.96. The standard InChI is InChI=1S/C13H19N5O3/c19-12(11-7-18(17-16-11)10-5-14-6-10)15-9-3-1-2-8(4-9)13(20)21/h7-10,14H,1-6H2,(H,15,19)(H,20,21). The number of nitrogens with one attached hydrogen (secondary N) is 2. The summed E-state index contributed by atoms with van der Waals surface area (Å²) < 4.78 is 1.70. The Bertz CT molecular complexity index is 540. The molecule has 2 heterocycles. The molecular formula is C13H19N5O3. The van der Waals surface area contributed by atoms with Gasteiger partial charge in [0.25, 0.3) is 5.91 Å². The molecule has 0 spiro atoms. The lowest BCUT2D eigenvalue weighted by atomic mass is 9.86. The van der Waals surface area contributed by atoms with Gasteiger partial charge in [-0.1, -0.05) is 11.6 Å². The highest BCUT2D eigenvalue weighted by Crippen LogP contribution is 2.24. The summed E-state index contributed by atoms with van der Waals surface area (Å²) in [6, 6.07) is 0.174. The summed E-state index contributed by atoms with van der Waals surface area (Å²) in [6.07, 6.45) is 4.46. The smallest absolute Gasteiger partial charge is 0.306 e.